The van der Waals surface area contributed by atoms with Crippen molar-refractivity contribution in [3.63, 3.8) is 0 Å². The summed E-state index contributed by atoms with van der Waals surface area (Å²) in [6.45, 7) is 10.0. The molecule has 2 aliphatic heterocycles. The second-order valence-corrected chi connectivity index (χ2v) is 5.85. The number of rotatable bonds is 0. The van der Waals surface area contributed by atoms with E-state index in [9.17, 15) is 0 Å². The third-order valence-corrected chi connectivity index (χ3v) is 2.73. The minimum atomic E-state index is -0.176. The topological polar surface area (TPSA) is 62.9 Å². The Balaban J connectivity index is 2.14. The fourth-order valence-electron chi connectivity index (χ4n) is 2.49. The van der Waals surface area contributed by atoms with Crippen LogP contribution in [-0.4, -0.2) is 35.0 Å². The molecule has 0 unspecified atom stereocenters. The van der Waals surface area contributed by atoms with Gasteiger partial charge in [0.1, 0.15) is 5.84 Å². The lowest BCUT2D eigenvalue weighted by atomic mass is 9.98. The molecule has 1 radical (unpaired) electrons. The van der Waals surface area contributed by atoms with Crippen LogP contribution in [0.25, 0.3) is 0 Å². The Morgan fingerprint density at radius 3 is 2.29 bits per heavy atom. The lowest BCUT2D eigenvalue weighted by Gasteiger charge is -2.48. The van der Waals surface area contributed by atoms with Crippen LogP contribution in [0.15, 0.2) is 17.3 Å². The Bertz CT molecular complexity index is 344. The first-order chi connectivity index (χ1) is 7.77. The van der Waals surface area contributed by atoms with Crippen LogP contribution in [0, 0.1) is 6.17 Å². The second-order valence-electron chi connectivity index (χ2n) is 5.85. The van der Waals surface area contributed by atoms with Crippen molar-refractivity contribution in [3.8, 4) is 0 Å². The van der Waals surface area contributed by atoms with Crippen molar-refractivity contribution in [1.29, 1.82) is 0 Å². The number of nitrogens with two attached hydrogens (primary N) is 1. The van der Waals surface area contributed by atoms with E-state index in [0.29, 0.717) is 6.17 Å². The van der Waals surface area contributed by atoms with Gasteiger partial charge in [0.2, 0.25) is 0 Å². The molecule has 0 spiro atoms. The Hall–Kier alpha value is -1.07. The van der Waals surface area contributed by atoms with Crippen LogP contribution in [0.2, 0.25) is 0 Å². The third-order valence-electron chi connectivity index (χ3n) is 2.73. The van der Waals surface area contributed by atoms with Gasteiger partial charge >= 0.3 is 0 Å². The smallest absolute Gasteiger partial charge is 0.163 e. The number of nitrogens with zero attached hydrogens (tertiary/aromatic N) is 2. The summed E-state index contributed by atoms with van der Waals surface area (Å²) < 4.78 is 6.03. The molecule has 17 heavy (non-hydrogen) atoms. The highest BCUT2D eigenvalue weighted by Crippen LogP contribution is 2.28. The van der Waals surface area contributed by atoms with Crippen LogP contribution in [0.5, 0.6) is 0 Å². The summed E-state index contributed by atoms with van der Waals surface area (Å²) in [6.07, 6.45) is 4.33. The van der Waals surface area contributed by atoms with Crippen molar-refractivity contribution >= 4 is 5.84 Å². The quantitative estimate of drug-likeness (QED) is 0.654. The third kappa shape index (κ3) is 2.98. The van der Waals surface area contributed by atoms with Crippen molar-refractivity contribution in [2.24, 2.45) is 10.8 Å². The summed E-state index contributed by atoms with van der Waals surface area (Å²) >= 11 is 0. The van der Waals surface area contributed by atoms with E-state index in [1.165, 1.54) is 0 Å². The van der Waals surface area contributed by atoms with Gasteiger partial charge in [-0.3, -0.25) is 5.43 Å². The molecule has 0 aromatic rings. The molecule has 2 rings (SSSR count). The Morgan fingerprint density at radius 2 is 1.82 bits per heavy atom. The van der Waals surface area contributed by atoms with Gasteiger partial charge in [-0.15, -0.1) is 0 Å². The van der Waals surface area contributed by atoms with Gasteiger partial charge in [0.05, 0.1) is 11.2 Å². The summed E-state index contributed by atoms with van der Waals surface area (Å²) in [7, 11) is 0. The zero-order valence-corrected chi connectivity index (χ0v) is 10.9. The maximum Gasteiger partial charge on any atom is 0.163 e. The largest absolute Gasteiger partial charge is 0.366 e. The monoisotopic (exact) mass is 237 g/mol. The molecular formula is C12H21N4O. The molecule has 5 nitrogen and oxygen atoms in total. The van der Waals surface area contributed by atoms with E-state index in [0.717, 1.165) is 18.9 Å². The number of hydrazone groups is 1. The second kappa shape index (κ2) is 3.99. The van der Waals surface area contributed by atoms with Gasteiger partial charge in [-0.25, -0.2) is 0 Å². The van der Waals surface area contributed by atoms with Gasteiger partial charge in [-0.05, 0) is 39.8 Å². The molecule has 5 heteroatoms. The Kier molecular flexibility index (Phi) is 2.91. The number of hydrogen-bond donors (Lipinski definition) is 2. The van der Waals surface area contributed by atoms with E-state index in [1.54, 1.807) is 0 Å². The summed E-state index contributed by atoms with van der Waals surface area (Å²) in [5, 5.41) is 4.25. The zero-order chi connectivity index (χ0) is 12.7. The Morgan fingerprint density at radius 1 is 1.24 bits per heavy atom. The summed E-state index contributed by atoms with van der Waals surface area (Å²) in [5.41, 5.74) is 8.05. The molecule has 0 saturated carbocycles. The van der Waals surface area contributed by atoms with Crippen molar-refractivity contribution in [1.82, 2.24) is 10.3 Å². The fourth-order valence-corrected chi connectivity index (χ4v) is 2.49. The molecule has 0 bridgehead atoms. The van der Waals surface area contributed by atoms with Crippen LogP contribution in [0.3, 0.4) is 0 Å². The zero-order valence-electron chi connectivity index (χ0n) is 10.9. The van der Waals surface area contributed by atoms with E-state index in [4.69, 9.17) is 10.5 Å². The molecule has 0 amide bonds. The SMILES string of the molecule is CC1(C)CN(C2=NN[C](N)C=C2)CC(C)(C)O1. The molecule has 1 fully saturated rings. The molecule has 1 saturated heterocycles. The Labute approximate surface area is 103 Å². The van der Waals surface area contributed by atoms with Crippen LogP contribution in [0.4, 0.5) is 0 Å². The van der Waals surface area contributed by atoms with Gasteiger partial charge in [-0.1, -0.05) is 0 Å². The first-order valence-corrected chi connectivity index (χ1v) is 5.87. The van der Waals surface area contributed by atoms with Crippen molar-refractivity contribution in [2.45, 2.75) is 38.9 Å². The molecule has 0 aromatic heterocycles. The number of ether oxygens (including phenoxy) is 1. The van der Waals surface area contributed by atoms with Gasteiger partial charge in [0, 0.05) is 13.1 Å². The van der Waals surface area contributed by atoms with E-state index < -0.39 is 0 Å². The molecule has 0 atom stereocenters. The van der Waals surface area contributed by atoms with E-state index in [1.807, 2.05) is 12.2 Å². The van der Waals surface area contributed by atoms with E-state index in [-0.39, 0.29) is 11.2 Å². The number of amidine groups is 1. The van der Waals surface area contributed by atoms with Crippen molar-refractivity contribution in [3.05, 3.63) is 18.3 Å². The van der Waals surface area contributed by atoms with Gasteiger partial charge in [-0.2, -0.15) is 5.10 Å². The standard InChI is InChI=1S/C12H21N4O/c1-11(2)7-16(8-12(3,4)17-11)10-6-5-9(13)14-15-10/h5-6,14H,7-8,13H2,1-4H3. The van der Waals surface area contributed by atoms with Crippen molar-refractivity contribution in [2.75, 3.05) is 13.1 Å². The van der Waals surface area contributed by atoms with E-state index >= 15 is 0 Å². The number of morpholine rings is 1. The van der Waals surface area contributed by atoms with Crippen LogP contribution in [-0.2, 0) is 4.74 Å². The predicted octanol–water partition coefficient (Wildman–Crippen LogP) is 0.797. The molecule has 3 N–H and O–H groups in total. The minimum absolute atomic E-state index is 0.176. The first kappa shape index (κ1) is 12.4. The number of nitrogens with one attached hydrogen (secondary N) is 1. The lowest BCUT2D eigenvalue weighted by molar-refractivity contribution is -0.166. The highest BCUT2D eigenvalue weighted by molar-refractivity contribution is 5.94. The maximum absolute atomic E-state index is 6.03. The molecule has 2 heterocycles. The average molecular weight is 237 g/mol. The van der Waals surface area contributed by atoms with Crippen molar-refractivity contribution < 1.29 is 4.74 Å². The highest BCUT2D eigenvalue weighted by Gasteiger charge is 2.39. The molecule has 95 valence electrons. The number of hydrogen-bond acceptors (Lipinski definition) is 5. The van der Waals surface area contributed by atoms with Crippen LogP contribution in [0.1, 0.15) is 27.7 Å². The maximum atomic E-state index is 6.03. The first-order valence-electron chi connectivity index (χ1n) is 5.87. The van der Waals surface area contributed by atoms with Gasteiger partial charge in [0.15, 0.2) is 6.17 Å². The van der Waals surface area contributed by atoms with Gasteiger partial charge < -0.3 is 15.4 Å². The lowest BCUT2D eigenvalue weighted by Crippen LogP contribution is -2.58. The minimum Gasteiger partial charge on any atom is -0.366 e. The summed E-state index contributed by atoms with van der Waals surface area (Å²) in [6, 6.07) is 0. The van der Waals surface area contributed by atoms with E-state index in [2.05, 4.69) is 43.1 Å². The molecule has 0 aliphatic carbocycles. The summed E-state index contributed by atoms with van der Waals surface area (Å²) in [5.74, 6) is 0.906. The summed E-state index contributed by atoms with van der Waals surface area (Å²) in [4.78, 5) is 2.22. The van der Waals surface area contributed by atoms with Crippen LogP contribution < -0.4 is 11.2 Å². The molecule has 0 aromatic carbocycles. The molecular weight excluding hydrogens is 216 g/mol. The normalized spacial score (nSPS) is 27.6. The van der Waals surface area contributed by atoms with Crippen LogP contribution >= 0.6 is 0 Å². The highest BCUT2D eigenvalue weighted by atomic mass is 16.5. The molecule has 2 aliphatic rings. The average Bonchev–Trinajstić information content (AvgIpc) is 2.13. The fraction of sp³-hybridized carbons (Fsp3) is 0.667. The van der Waals surface area contributed by atoms with Gasteiger partial charge in [0.25, 0.3) is 0 Å². The predicted molar refractivity (Wildman–Crippen MR) is 68.0 cm³/mol.